The molecule has 0 aliphatic carbocycles. The van der Waals surface area contributed by atoms with Gasteiger partial charge in [-0.05, 0) is 41.1 Å². The smallest absolute Gasteiger partial charge is 0.141 e. The van der Waals surface area contributed by atoms with Crippen LogP contribution in [0.15, 0.2) is 60.7 Å². The lowest BCUT2D eigenvalue weighted by molar-refractivity contribution is 0.628. The molecule has 0 heterocycles. The number of anilines is 2. The summed E-state index contributed by atoms with van der Waals surface area (Å²) in [6.07, 6.45) is 0. The second-order valence-corrected chi connectivity index (χ2v) is 4.72. The maximum Gasteiger partial charge on any atom is 0.141 e. The van der Waals surface area contributed by atoms with Crippen molar-refractivity contribution in [1.82, 2.24) is 0 Å². The van der Waals surface area contributed by atoms with Crippen molar-refractivity contribution in [2.75, 3.05) is 5.32 Å². The van der Waals surface area contributed by atoms with Crippen LogP contribution in [-0.4, -0.2) is 0 Å². The Balaban J connectivity index is 1.94. The Kier molecular flexibility index (Phi) is 3.10. The highest BCUT2D eigenvalue weighted by molar-refractivity contribution is 6.31. The van der Waals surface area contributed by atoms with Gasteiger partial charge in [0.05, 0.1) is 5.02 Å². The number of hydrogen-bond donors (Lipinski definition) is 1. The summed E-state index contributed by atoms with van der Waals surface area (Å²) >= 11 is 5.76. The summed E-state index contributed by atoms with van der Waals surface area (Å²) in [5, 5.41) is 5.67. The maximum atomic E-state index is 13.1. The summed E-state index contributed by atoms with van der Waals surface area (Å²) in [5.41, 5.74) is 1.71. The van der Waals surface area contributed by atoms with E-state index in [2.05, 4.69) is 17.4 Å². The van der Waals surface area contributed by atoms with Gasteiger partial charge in [-0.25, -0.2) is 4.39 Å². The fourth-order valence-electron chi connectivity index (χ4n) is 2.01. The molecule has 0 saturated carbocycles. The van der Waals surface area contributed by atoms with E-state index < -0.39 is 5.82 Å². The van der Waals surface area contributed by atoms with Crippen molar-refractivity contribution in [1.29, 1.82) is 0 Å². The Morgan fingerprint density at radius 2 is 1.47 bits per heavy atom. The van der Waals surface area contributed by atoms with E-state index in [1.54, 1.807) is 12.1 Å². The monoisotopic (exact) mass is 271 g/mol. The van der Waals surface area contributed by atoms with Gasteiger partial charge < -0.3 is 5.32 Å². The second kappa shape index (κ2) is 4.90. The van der Waals surface area contributed by atoms with E-state index in [1.807, 2.05) is 30.3 Å². The molecule has 3 rings (SSSR count). The van der Waals surface area contributed by atoms with Crippen LogP contribution in [0, 0.1) is 5.82 Å². The number of benzene rings is 3. The molecule has 94 valence electrons. The molecule has 0 spiro atoms. The van der Waals surface area contributed by atoms with E-state index in [0.29, 0.717) is 0 Å². The van der Waals surface area contributed by atoms with E-state index in [4.69, 9.17) is 11.6 Å². The third-order valence-electron chi connectivity index (χ3n) is 2.96. The Labute approximate surface area is 115 Å². The third-order valence-corrected chi connectivity index (χ3v) is 3.25. The minimum atomic E-state index is -0.411. The highest BCUT2D eigenvalue weighted by Crippen LogP contribution is 2.25. The molecule has 0 atom stereocenters. The summed E-state index contributed by atoms with van der Waals surface area (Å²) < 4.78 is 13.1. The summed E-state index contributed by atoms with van der Waals surface area (Å²) in [6.45, 7) is 0. The molecular weight excluding hydrogens is 261 g/mol. The quantitative estimate of drug-likeness (QED) is 0.660. The first-order chi connectivity index (χ1) is 9.22. The molecule has 1 N–H and O–H groups in total. The van der Waals surface area contributed by atoms with E-state index in [0.717, 1.165) is 16.8 Å². The van der Waals surface area contributed by atoms with Crippen molar-refractivity contribution >= 4 is 33.7 Å². The zero-order valence-corrected chi connectivity index (χ0v) is 10.8. The van der Waals surface area contributed by atoms with Gasteiger partial charge in [0.1, 0.15) is 5.82 Å². The van der Waals surface area contributed by atoms with E-state index in [-0.39, 0.29) is 5.02 Å². The van der Waals surface area contributed by atoms with Crippen LogP contribution >= 0.6 is 11.6 Å². The SMILES string of the molecule is Fc1ccc(Nc2ccc3ccccc3c2)cc1Cl. The van der Waals surface area contributed by atoms with Crippen LogP contribution in [0.4, 0.5) is 15.8 Å². The topological polar surface area (TPSA) is 12.0 Å². The summed E-state index contributed by atoms with van der Waals surface area (Å²) in [6, 6.07) is 18.8. The fraction of sp³-hybridized carbons (Fsp3) is 0. The lowest BCUT2D eigenvalue weighted by atomic mass is 10.1. The molecular formula is C16H11ClFN. The van der Waals surface area contributed by atoms with Gasteiger partial charge in [-0.15, -0.1) is 0 Å². The molecule has 3 heteroatoms. The van der Waals surface area contributed by atoms with Gasteiger partial charge in [-0.1, -0.05) is 41.9 Å². The zero-order valence-electron chi connectivity index (χ0n) is 10.0. The molecule has 1 nitrogen and oxygen atoms in total. The predicted molar refractivity (Wildman–Crippen MR) is 78.6 cm³/mol. The Hall–Kier alpha value is -2.06. The molecule has 0 aliphatic rings. The Morgan fingerprint density at radius 3 is 2.26 bits per heavy atom. The number of rotatable bonds is 2. The molecule has 0 radical (unpaired) electrons. The van der Waals surface area contributed by atoms with Crippen molar-refractivity contribution in [3.05, 3.63) is 71.5 Å². The van der Waals surface area contributed by atoms with Crippen molar-refractivity contribution < 1.29 is 4.39 Å². The first-order valence-electron chi connectivity index (χ1n) is 5.93. The minimum Gasteiger partial charge on any atom is -0.355 e. The maximum absolute atomic E-state index is 13.1. The van der Waals surface area contributed by atoms with Gasteiger partial charge in [0.2, 0.25) is 0 Å². The van der Waals surface area contributed by atoms with Crippen molar-refractivity contribution in [3.63, 3.8) is 0 Å². The third kappa shape index (κ3) is 2.54. The summed E-state index contributed by atoms with van der Waals surface area (Å²) in [4.78, 5) is 0. The molecule has 3 aromatic rings. The molecule has 19 heavy (non-hydrogen) atoms. The van der Waals surface area contributed by atoms with Gasteiger partial charge in [-0.3, -0.25) is 0 Å². The van der Waals surface area contributed by atoms with E-state index >= 15 is 0 Å². The highest BCUT2D eigenvalue weighted by Gasteiger charge is 2.01. The minimum absolute atomic E-state index is 0.116. The molecule has 0 aliphatic heterocycles. The summed E-state index contributed by atoms with van der Waals surface area (Å²) in [5.74, 6) is -0.411. The lowest BCUT2D eigenvalue weighted by Gasteiger charge is -2.08. The van der Waals surface area contributed by atoms with Crippen LogP contribution in [0.5, 0.6) is 0 Å². The van der Waals surface area contributed by atoms with Crippen LogP contribution in [0.2, 0.25) is 5.02 Å². The normalized spacial score (nSPS) is 10.6. The molecule has 0 unspecified atom stereocenters. The standard InChI is InChI=1S/C16H11ClFN/c17-15-10-14(7-8-16(15)18)19-13-6-5-11-3-1-2-4-12(11)9-13/h1-10,19H. The molecule has 0 bridgehead atoms. The molecule has 0 aromatic heterocycles. The predicted octanol–water partition coefficient (Wildman–Crippen LogP) is 5.38. The Bertz CT molecular complexity index is 740. The molecule has 0 saturated heterocycles. The number of nitrogens with one attached hydrogen (secondary N) is 1. The first-order valence-corrected chi connectivity index (χ1v) is 6.31. The fourth-order valence-corrected chi connectivity index (χ4v) is 2.19. The van der Waals surface area contributed by atoms with Crippen LogP contribution < -0.4 is 5.32 Å². The van der Waals surface area contributed by atoms with Crippen molar-refractivity contribution in [2.45, 2.75) is 0 Å². The number of fused-ring (bicyclic) bond motifs is 1. The molecule has 3 aromatic carbocycles. The van der Waals surface area contributed by atoms with E-state index in [9.17, 15) is 4.39 Å². The van der Waals surface area contributed by atoms with Gasteiger partial charge in [0.15, 0.2) is 0 Å². The first kappa shape index (κ1) is 12.0. The summed E-state index contributed by atoms with van der Waals surface area (Å²) in [7, 11) is 0. The number of hydrogen-bond acceptors (Lipinski definition) is 1. The zero-order chi connectivity index (χ0) is 13.2. The lowest BCUT2D eigenvalue weighted by Crippen LogP contribution is -1.91. The van der Waals surface area contributed by atoms with Crippen LogP contribution in [0.25, 0.3) is 10.8 Å². The largest absolute Gasteiger partial charge is 0.355 e. The average molecular weight is 272 g/mol. The van der Waals surface area contributed by atoms with Gasteiger partial charge in [0.25, 0.3) is 0 Å². The van der Waals surface area contributed by atoms with Crippen LogP contribution in [0.3, 0.4) is 0 Å². The van der Waals surface area contributed by atoms with Gasteiger partial charge in [-0.2, -0.15) is 0 Å². The molecule has 0 fully saturated rings. The average Bonchev–Trinajstić information content (AvgIpc) is 2.43. The van der Waals surface area contributed by atoms with Crippen molar-refractivity contribution in [2.24, 2.45) is 0 Å². The van der Waals surface area contributed by atoms with Crippen LogP contribution in [0.1, 0.15) is 0 Å². The number of halogens is 2. The van der Waals surface area contributed by atoms with Gasteiger partial charge in [0, 0.05) is 11.4 Å². The molecule has 0 amide bonds. The Morgan fingerprint density at radius 1 is 0.789 bits per heavy atom. The van der Waals surface area contributed by atoms with Gasteiger partial charge >= 0.3 is 0 Å². The van der Waals surface area contributed by atoms with Crippen LogP contribution in [-0.2, 0) is 0 Å². The van der Waals surface area contributed by atoms with E-state index in [1.165, 1.54) is 11.5 Å². The second-order valence-electron chi connectivity index (χ2n) is 4.32. The van der Waals surface area contributed by atoms with Crippen molar-refractivity contribution in [3.8, 4) is 0 Å². The highest BCUT2D eigenvalue weighted by atomic mass is 35.5.